The van der Waals surface area contributed by atoms with Crippen LogP contribution in [0.4, 0.5) is 0 Å². The Kier molecular flexibility index (Phi) is 4.51. The number of methoxy groups -OCH3 is 1. The summed E-state index contributed by atoms with van der Waals surface area (Å²) >= 11 is 0. The number of nitrogens with one attached hydrogen (secondary N) is 1. The second-order valence-electron chi connectivity index (χ2n) is 5.81. The standard InChI is InChI=1S/C19H22N2O2/c1-3-14-10-16(19(22)23-2)13-21(12-14)9-8-15-11-20-18-7-5-4-6-17(15)18/h4-7,11-13,20H,3,8-10H2,1-2H3. The molecule has 3 rings (SSSR count). The van der Waals surface area contributed by atoms with E-state index in [0.29, 0.717) is 6.42 Å². The second kappa shape index (κ2) is 6.73. The van der Waals surface area contributed by atoms with Crippen molar-refractivity contribution in [2.75, 3.05) is 13.7 Å². The van der Waals surface area contributed by atoms with Crippen LogP contribution in [0.1, 0.15) is 25.3 Å². The summed E-state index contributed by atoms with van der Waals surface area (Å²) in [5.74, 6) is -0.235. The maximum Gasteiger partial charge on any atom is 0.335 e. The van der Waals surface area contributed by atoms with Crippen molar-refractivity contribution in [1.29, 1.82) is 0 Å². The molecule has 0 bridgehead atoms. The molecule has 0 aliphatic carbocycles. The number of carbonyl (C=O) groups excluding carboxylic acids is 1. The van der Waals surface area contributed by atoms with Crippen LogP contribution in [0.25, 0.3) is 10.9 Å². The van der Waals surface area contributed by atoms with E-state index in [-0.39, 0.29) is 5.97 Å². The molecule has 1 aromatic carbocycles. The van der Waals surface area contributed by atoms with Gasteiger partial charge in [0, 0.05) is 42.5 Å². The van der Waals surface area contributed by atoms with Crippen molar-refractivity contribution in [3.63, 3.8) is 0 Å². The molecule has 23 heavy (non-hydrogen) atoms. The van der Waals surface area contributed by atoms with E-state index in [2.05, 4.69) is 47.4 Å². The van der Waals surface area contributed by atoms with E-state index in [1.54, 1.807) is 0 Å². The first-order valence-electron chi connectivity index (χ1n) is 8.00. The molecule has 0 radical (unpaired) electrons. The first kappa shape index (κ1) is 15.4. The molecule has 1 N–H and O–H groups in total. The predicted molar refractivity (Wildman–Crippen MR) is 91.8 cm³/mol. The van der Waals surface area contributed by atoms with Gasteiger partial charge >= 0.3 is 5.97 Å². The fourth-order valence-corrected chi connectivity index (χ4v) is 3.00. The molecule has 1 aromatic heterocycles. The number of hydrogen-bond donors (Lipinski definition) is 1. The molecule has 0 fully saturated rings. The third-order valence-corrected chi connectivity index (χ3v) is 4.30. The van der Waals surface area contributed by atoms with Crippen LogP contribution in [0.5, 0.6) is 0 Å². The number of rotatable bonds is 5. The van der Waals surface area contributed by atoms with Gasteiger partial charge in [0.15, 0.2) is 0 Å². The van der Waals surface area contributed by atoms with Gasteiger partial charge in [0.05, 0.1) is 12.7 Å². The molecule has 0 atom stereocenters. The maximum absolute atomic E-state index is 11.8. The zero-order valence-electron chi connectivity index (χ0n) is 13.6. The SMILES string of the molecule is CCC1=CN(CCc2c[nH]c3ccccc23)C=C(C(=O)OC)C1. The normalized spacial score (nSPS) is 14.6. The van der Waals surface area contributed by atoms with Crippen molar-refractivity contribution in [2.24, 2.45) is 0 Å². The molecule has 120 valence electrons. The van der Waals surface area contributed by atoms with Crippen LogP contribution in [0.15, 0.2) is 54.0 Å². The highest BCUT2D eigenvalue weighted by Crippen LogP contribution is 2.23. The lowest BCUT2D eigenvalue weighted by molar-refractivity contribution is -0.136. The van der Waals surface area contributed by atoms with Gasteiger partial charge in [-0.3, -0.25) is 0 Å². The molecule has 4 heteroatoms. The average Bonchev–Trinajstić information content (AvgIpc) is 3.02. The van der Waals surface area contributed by atoms with Gasteiger partial charge in [-0.1, -0.05) is 25.1 Å². The van der Waals surface area contributed by atoms with E-state index in [0.717, 1.165) is 30.5 Å². The van der Waals surface area contributed by atoms with Gasteiger partial charge in [0.1, 0.15) is 0 Å². The van der Waals surface area contributed by atoms with Gasteiger partial charge in [0.2, 0.25) is 0 Å². The molecular formula is C19H22N2O2. The van der Waals surface area contributed by atoms with E-state index in [9.17, 15) is 4.79 Å². The van der Waals surface area contributed by atoms with Gasteiger partial charge in [-0.2, -0.15) is 0 Å². The Labute approximate surface area is 136 Å². The van der Waals surface area contributed by atoms with Crippen LogP contribution in [-0.4, -0.2) is 29.5 Å². The summed E-state index contributed by atoms with van der Waals surface area (Å²) in [7, 11) is 1.43. The Hall–Kier alpha value is -2.49. The number of para-hydroxylation sites is 1. The highest BCUT2D eigenvalue weighted by molar-refractivity contribution is 5.89. The maximum atomic E-state index is 11.8. The Morgan fingerprint density at radius 2 is 2.13 bits per heavy atom. The topological polar surface area (TPSA) is 45.3 Å². The largest absolute Gasteiger partial charge is 0.466 e. The molecule has 4 nitrogen and oxygen atoms in total. The molecule has 0 unspecified atom stereocenters. The van der Waals surface area contributed by atoms with Crippen molar-refractivity contribution >= 4 is 16.9 Å². The zero-order valence-corrected chi connectivity index (χ0v) is 13.6. The Morgan fingerprint density at radius 3 is 2.91 bits per heavy atom. The lowest BCUT2D eigenvalue weighted by Crippen LogP contribution is -2.21. The van der Waals surface area contributed by atoms with Crippen LogP contribution < -0.4 is 0 Å². The van der Waals surface area contributed by atoms with E-state index < -0.39 is 0 Å². The minimum atomic E-state index is -0.235. The van der Waals surface area contributed by atoms with Crippen molar-refractivity contribution in [1.82, 2.24) is 9.88 Å². The van der Waals surface area contributed by atoms with Crippen molar-refractivity contribution in [3.05, 3.63) is 59.6 Å². The van der Waals surface area contributed by atoms with Crippen molar-refractivity contribution in [2.45, 2.75) is 26.2 Å². The molecular weight excluding hydrogens is 288 g/mol. The first-order chi connectivity index (χ1) is 11.2. The zero-order chi connectivity index (χ0) is 16.2. The summed E-state index contributed by atoms with van der Waals surface area (Å²) in [5, 5.41) is 1.27. The van der Waals surface area contributed by atoms with Crippen LogP contribution in [-0.2, 0) is 16.0 Å². The molecule has 2 heterocycles. The lowest BCUT2D eigenvalue weighted by Gasteiger charge is -2.24. The Morgan fingerprint density at radius 1 is 1.30 bits per heavy atom. The quantitative estimate of drug-likeness (QED) is 0.855. The summed E-state index contributed by atoms with van der Waals surface area (Å²) in [6, 6.07) is 8.32. The Bertz CT molecular complexity index is 771. The average molecular weight is 310 g/mol. The summed E-state index contributed by atoms with van der Waals surface area (Å²) in [4.78, 5) is 17.2. The molecule has 0 amide bonds. The minimum absolute atomic E-state index is 0.235. The monoisotopic (exact) mass is 310 g/mol. The number of fused-ring (bicyclic) bond motifs is 1. The predicted octanol–water partition coefficient (Wildman–Crippen LogP) is 3.77. The number of nitrogens with zero attached hydrogens (tertiary/aromatic N) is 1. The fraction of sp³-hybridized carbons (Fsp3) is 0.316. The van der Waals surface area contributed by atoms with Crippen molar-refractivity contribution < 1.29 is 9.53 Å². The number of hydrogen-bond acceptors (Lipinski definition) is 3. The summed E-state index contributed by atoms with van der Waals surface area (Å²) in [6.07, 6.45) is 8.69. The van der Waals surface area contributed by atoms with Gasteiger partial charge < -0.3 is 14.6 Å². The molecule has 0 saturated carbocycles. The molecule has 1 aliphatic rings. The van der Waals surface area contributed by atoms with Gasteiger partial charge in [0.25, 0.3) is 0 Å². The number of aromatic nitrogens is 1. The van der Waals surface area contributed by atoms with Crippen LogP contribution in [0.3, 0.4) is 0 Å². The van der Waals surface area contributed by atoms with E-state index in [1.165, 1.54) is 23.6 Å². The molecule has 1 aliphatic heterocycles. The van der Waals surface area contributed by atoms with Gasteiger partial charge in [-0.25, -0.2) is 4.79 Å². The van der Waals surface area contributed by atoms with E-state index >= 15 is 0 Å². The Balaban J connectivity index is 1.75. The van der Waals surface area contributed by atoms with Gasteiger partial charge in [-0.05, 0) is 30.0 Å². The van der Waals surface area contributed by atoms with E-state index in [1.807, 2.05) is 12.3 Å². The minimum Gasteiger partial charge on any atom is -0.466 e. The number of H-pyrrole nitrogens is 1. The lowest BCUT2D eigenvalue weighted by atomic mass is 10.0. The molecule has 0 spiro atoms. The fourth-order valence-electron chi connectivity index (χ4n) is 3.00. The third-order valence-electron chi connectivity index (χ3n) is 4.30. The summed E-state index contributed by atoms with van der Waals surface area (Å²) in [5.41, 5.74) is 4.44. The summed E-state index contributed by atoms with van der Waals surface area (Å²) < 4.78 is 4.87. The number of carbonyl (C=O) groups is 1. The van der Waals surface area contributed by atoms with Crippen molar-refractivity contribution in [3.8, 4) is 0 Å². The van der Waals surface area contributed by atoms with E-state index in [4.69, 9.17) is 4.74 Å². The molecule has 2 aromatic rings. The van der Waals surface area contributed by atoms with Gasteiger partial charge in [-0.15, -0.1) is 0 Å². The molecule has 0 saturated heterocycles. The number of benzene rings is 1. The highest BCUT2D eigenvalue weighted by atomic mass is 16.5. The number of aromatic amines is 1. The number of allylic oxidation sites excluding steroid dienone is 1. The first-order valence-corrected chi connectivity index (χ1v) is 8.00. The number of ether oxygens (including phenoxy) is 1. The van der Waals surface area contributed by atoms with Crippen LogP contribution in [0, 0.1) is 0 Å². The highest BCUT2D eigenvalue weighted by Gasteiger charge is 2.17. The third kappa shape index (κ3) is 3.31. The summed E-state index contributed by atoms with van der Waals surface area (Å²) in [6.45, 7) is 2.95. The van der Waals surface area contributed by atoms with Crippen LogP contribution >= 0.6 is 0 Å². The second-order valence-corrected chi connectivity index (χ2v) is 5.81. The smallest absolute Gasteiger partial charge is 0.335 e. The number of esters is 1. The van der Waals surface area contributed by atoms with Crippen LogP contribution in [0.2, 0.25) is 0 Å².